The van der Waals surface area contributed by atoms with Gasteiger partial charge in [0.25, 0.3) is 0 Å². The van der Waals surface area contributed by atoms with E-state index in [1.165, 1.54) is 6.92 Å². The van der Waals surface area contributed by atoms with Gasteiger partial charge in [-0.15, -0.1) is 0 Å². The third kappa shape index (κ3) is 1.36. The molecule has 0 heterocycles. The van der Waals surface area contributed by atoms with E-state index in [0.717, 1.165) is 6.92 Å². The van der Waals surface area contributed by atoms with Crippen molar-refractivity contribution in [3.8, 4) is 5.75 Å². The minimum Gasteiger partial charge on any atom is -0.505 e. The Morgan fingerprint density at radius 2 is 1.62 bits per heavy atom. The van der Waals surface area contributed by atoms with Gasteiger partial charge in [0.15, 0.2) is 23.2 Å². The van der Waals surface area contributed by atoms with Crippen molar-refractivity contribution >= 4 is 0 Å². The summed E-state index contributed by atoms with van der Waals surface area (Å²) in [5.41, 5.74) is -0.812. The van der Waals surface area contributed by atoms with Crippen LogP contribution in [0.15, 0.2) is 0 Å². The first-order valence-electron chi connectivity index (χ1n) is 3.85. The van der Waals surface area contributed by atoms with E-state index in [0.29, 0.717) is 0 Å². The lowest BCUT2D eigenvalue weighted by Crippen LogP contribution is -2.00. The molecule has 0 amide bonds. The Morgan fingerprint density at radius 1 is 1.08 bits per heavy atom. The number of halogens is 3. The van der Waals surface area contributed by atoms with Crippen LogP contribution in [0.25, 0.3) is 0 Å². The summed E-state index contributed by atoms with van der Waals surface area (Å²) < 4.78 is 38.9. The van der Waals surface area contributed by atoms with Gasteiger partial charge in [-0.25, -0.2) is 13.2 Å². The molecule has 1 rings (SSSR count). The van der Waals surface area contributed by atoms with Crippen LogP contribution in [0.2, 0.25) is 0 Å². The number of phenolic OH excluding ortho intramolecular Hbond substituents is 1. The molecule has 0 bridgehead atoms. The first kappa shape index (κ1) is 9.89. The van der Waals surface area contributed by atoms with E-state index in [1.54, 1.807) is 0 Å². The lowest BCUT2D eigenvalue weighted by molar-refractivity contribution is 0.398. The molecule has 1 nitrogen and oxygen atoms in total. The molecule has 0 radical (unpaired) electrons. The van der Waals surface area contributed by atoms with E-state index < -0.39 is 28.8 Å². The van der Waals surface area contributed by atoms with E-state index in [1.807, 2.05) is 0 Å². The van der Waals surface area contributed by atoms with Crippen LogP contribution in [0.5, 0.6) is 5.75 Å². The number of phenols is 1. The van der Waals surface area contributed by atoms with E-state index in [9.17, 15) is 13.2 Å². The van der Waals surface area contributed by atoms with Gasteiger partial charge in [0.2, 0.25) is 0 Å². The normalized spacial score (nSPS) is 10.5. The van der Waals surface area contributed by atoms with Crippen molar-refractivity contribution in [3.05, 3.63) is 28.6 Å². The molecule has 1 aromatic rings. The van der Waals surface area contributed by atoms with Crippen LogP contribution in [0.4, 0.5) is 13.2 Å². The van der Waals surface area contributed by atoms with Crippen molar-refractivity contribution in [2.24, 2.45) is 0 Å². The maximum atomic E-state index is 13.0. The molecule has 0 saturated carbocycles. The second-order valence-corrected chi connectivity index (χ2v) is 2.75. The van der Waals surface area contributed by atoms with Gasteiger partial charge in [0, 0.05) is 11.1 Å². The van der Waals surface area contributed by atoms with Crippen molar-refractivity contribution in [1.82, 2.24) is 0 Å². The van der Waals surface area contributed by atoms with Crippen LogP contribution < -0.4 is 0 Å². The summed E-state index contributed by atoms with van der Waals surface area (Å²) in [4.78, 5) is 0. The minimum absolute atomic E-state index is 0.0474. The standard InChI is InChI=1S/C9H9F3O/c1-3-5-8(12)6(10)4(2)7(11)9(5)13/h13H,3H2,1-2H3. The second kappa shape index (κ2) is 3.28. The second-order valence-electron chi connectivity index (χ2n) is 2.75. The summed E-state index contributed by atoms with van der Waals surface area (Å²) in [6, 6.07) is 0. The third-order valence-electron chi connectivity index (χ3n) is 1.96. The fourth-order valence-electron chi connectivity index (χ4n) is 1.13. The van der Waals surface area contributed by atoms with Crippen molar-refractivity contribution in [3.63, 3.8) is 0 Å². The summed E-state index contributed by atoms with van der Waals surface area (Å²) in [5, 5.41) is 9.10. The number of aromatic hydroxyl groups is 1. The molecule has 4 heteroatoms. The van der Waals surface area contributed by atoms with Gasteiger partial charge in [0.05, 0.1) is 0 Å². The Hall–Kier alpha value is -1.19. The maximum Gasteiger partial charge on any atom is 0.171 e. The van der Waals surface area contributed by atoms with Crippen molar-refractivity contribution in [1.29, 1.82) is 0 Å². The highest BCUT2D eigenvalue weighted by Crippen LogP contribution is 2.29. The van der Waals surface area contributed by atoms with Crippen LogP contribution in [0.3, 0.4) is 0 Å². The van der Waals surface area contributed by atoms with E-state index in [4.69, 9.17) is 5.11 Å². The lowest BCUT2D eigenvalue weighted by atomic mass is 10.1. The Balaban J connectivity index is 3.56. The average Bonchev–Trinajstić information content (AvgIpc) is 2.13. The third-order valence-corrected chi connectivity index (χ3v) is 1.96. The highest BCUT2D eigenvalue weighted by molar-refractivity contribution is 5.40. The molecule has 0 atom stereocenters. The average molecular weight is 190 g/mol. The number of benzene rings is 1. The Labute approximate surface area is 73.8 Å². The summed E-state index contributed by atoms with van der Waals surface area (Å²) in [5.74, 6) is -4.28. The molecule has 1 aromatic carbocycles. The number of hydrogen-bond donors (Lipinski definition) is 1. The van der Waals surface area contributed by atoms with E-state index in [-0.39, 0.29) is 12.0 Å². The molecule has 0 aliphatic rings. The predicted octanol–water partition coefficient (Wildman–Crippen LogP) is 2.68. The van der Waals surface area contributed by atoms with Crippen LogP contribution in [-0.4, -0.2) is 5.11 Å². The summed E-state index contributed by atoms with van der Waals surface area (Å²) in [6.07, 6.45) is 0.0474. The van der Waals surface area contributed by atoms with Gasteiger partial charge in [-0.1, -0.05) is 6.92 Å². The zero-order valence-electron chi connectivity index (χ0n) is 7.29. The van der Waals surface area contributed by atoms with Gasteiger partial charge in [0.1, 0.15) is 0 Å². The first-order valence-corrected chi connectivity index (χ1v) is 3.85. The fraction of sp³-hybridized carbons (Fsp3) is 0.333. The van der Waals surface area contributed by atoms with Gasteiger partial charge in [-0.3, -0.25) is 0 Å². The van der Waals surface area contributed by atoms with E-state index >= 15 is 0 Å². The zero-order chi connectivity index (χ0) is 10.2. The molecule has 0 saturated heterocycles. The molecule has 0 unspecified atom stereocenters. The number of rotatable bonds is 1. The molecule has 72 valence electrons. The highest BCUT2D eigenvalue weighted by Gasteiger charge is 2.20. The van der Waals surface area contributed by atoms with Gasteiger partial charge in [-0.2, -0.15) is 0 Å². The highest BCUT2D eigenvalue weighted by atomic mass is 19.2. The summed E-state index contributed by atoms with van der Waals surface area (Å²) >= 11 is 0. The van der Waals surface area contributed by atoms with Crippen LogP contribution in [0.1, 0.15) is 18.1 Å². The predicted molar refractivity (Wildman–Crippen MR) is 42.1 cm³/mol. The van der Waals surface area contributed by atoms with Gasteiger partial charge in [-0.05, 0) is 13.3 Å². The van der Waals surface area contributed by atoms with Gasteiger partial charge < -0.3 is 5.11 Å². The van der Waals surface area contributed by atoms with Crippen LogP contribution in [-0.2, 0) is 6.42 Å². The number of hydrogen-bond acceptors (Lipinski definition) is 1. The molecule has 0 aliphatic heterocycles. The largest absolute Gasteiger partial charge is 0.505 e. The molecule has 0 spiro atoms. The smallest absolute Gasteiger partial charge is 0.171 e. The molecule has 0 aromatic heterocycles. The SMILES string of the molecule is CCc1c(O)c(F)c(C)c(F)c1F. The maximum absolute atomic E-state index is 13.0. The zero-order valence-corrected chi connectivity index (χ0v) is 7.29. The van der Waals surface area contributed by atoms with Crippen molar-refractivity contribution < 1.29 is 18.3 Å². The molecular formula is C9H9F3O. The summed E-state index contributed by atoms with van der Waals surface area (Å²) in [6.45, 7) is 2.58. The van der Waals surface area contributed by atoms with Crippen LogP contribution >= 0.6 is 0 Å². The summed E-state index contributed by atoms with van der Waals surface area (Å²) in [7, 11) is 0. The molecule has 1 N–H and O–H groups in total. The quantitative estimate of drug-likeness (QED) is 0.675. The lowest BCUT2D eigenvalue weighted by Gasteiger charge is -2.08. The van der Waals surface area contributed by atoms with E-state index in [2.05, 4.69) is 0 Å². The molecule has 0 fully saturated rings. The molecule has 13 heavy (non-hydrogen) atoms. The minimum atomic E-state index is -1.23. The van der Waals surface area contributed by atoms with Crippen molar-refractivity contribution in [2.75, 3.05) is 0 Å². The van der Waals surface area contributed by atoms with Crippen LogP contribution in [0, 0.1) is 24.4 Å². The van der Waals surface area contributed by atoms with Gasteiger partial charge >= 0.3 is 0 Å². The molecule has 0 aliphatic carbocycles. The van der Waals surface area contributed by atoms with Crippen molar-refractivity contribution in [2.45, 2.75) is 20.3 Å². The Bertz CT molecular complexity index is 318. The monoisotopic (exact) mass is 190 g/mol. The topological polar surface area (TPSA) is 20.2 Å². The molecular weight excluding hydrogens is 181 g/mol. The fourth-order valence-corrected chi connectivity index (χ4v) is 1.13. The first-order chi connectivity index (χ1) is 6.00. The Kier molecular flexibility index (Phi) is 2.50. The Morgan fingerprint density at radius 3 is 2.08 bits per heavy atom.